The van der Waals surface area contributed by atoms with E-state index in [0.717, 1.165) is 6.04 Å². The van der Waals surface area contributed by atoms with Crippen molar-refractivity contribution in [3.8, 4) is 0 Å². The molecule has 94 valence electrons. The molecule has 0 aromatic carbocycles. The van der Waals surface area contributed by atoms with Gasteiger partial charge in [0.05, 0.1) is 0 Å². The molecular weight excluding hydrogens is 196 g/mol. The molecule has 0 amide bonds. The fourth-order valence-electron chi connectivity index (χ4n) is 3.24. The molecular formula is C14H28N2. The standard InChI is InChI=1S/C14H28N2/c1-15-10-6-3-8-14(15)9-7-13-16-11-4-2-5-12-16/h14H,2-13H2,1H3. The molecule has 0 bridgehead atoms. The Labute approximate surface area is 101 Å². The summed E-state index contributed by atoms with van der Waals surface area (Å²) in [7, 11) is 2.31. The second-order valence-corrected chi connectivity index (χ2v) is 5.67. The van der Waals surface area contributed by atoms with Crippen molar-refractivity contribution in [3.63, 3.8) is 0 Å². The van der Waals surface area contributed by atoms with Crippen LogP contribution in [0.15, 0.2) is 0 Å². The molecule has 2 fully saturated rings. The highest BCUT2D eigenvalue weighted by atomic mass is 15.1. The van der Waals surface area contributed by atoms with Gasteiger partial charge in [-0.05, 0) is 71.8 Å². The van der Waals surface area contributed by atoms with Crippen LogP contribution in [-0.4, -0.2) is 49.1 Å². The Balaban J connectivity index is 1.59. The van der Waals surface area contributed by atoms with Gasteiger partial charge in [0.25, 0.3) is 0 Å². The van der Waals surface area contributed by atoms with Gasteiger partial charge in [-0.1, -0.05) is 12.8 Å². The first-order valence-electron chi connectivity index (χ1n) is 7.29. The average Bonchev–Trinajstić information content (AvgIpc) is 2.33. The van der Waals surface area contributed by atoms with Crippen LogP contribution in [0.3, 0.4) is 0 Å². The molecule has 0 saturated carbocycles. The summed E-state index contributed by atoms with van der Waals surface area (Å²) in [5.41, 5.74) is 0. The molecule has 0 aliphatic carbocycles. The number of piperidine rings is 2. The van der Waals surface area contributed by atoms with Gasteiger partial charge in [-0.25, -0.2) is 0 Å². The summed E-state index contributed by atoms with van der Waals surface area (Å²) in [4.78, 5) is 5.26. The number of likely N-dealkylation sites (tertiary alicyclic amines) is 2. The molecule has 2 heterocycles. The van der Waals surface area contributed by atoms with Gasteiger partial charge in [-0.15, -0.1) is 0 Å². The lowest BCUT2D eigenvalue weighted by atomic mass is 9.98. The fraction of sp³-hybridized carbons (Fsp3) is 1.00. The lowest BCUT2D eigenvalue weighted by molar-refractivity contribution is 0.161. The smallest absolute Gasteiger partial charge is 0.00926 e. The van der Waals surface area contributed by atoms with Crippen molar-refractivity contribution in [1.29, 1.82) is 0 Å². The minimum atomic E-state index is 0.888. The van der Waals surface area contributed by atoms with Crippen molar-refractivity contribution in [2.45, 2.75) is 57.4 Å². The van der Waals surface area contributed by atoms with Crippen LogP contribution < -0.4 is 0 Å². The molecule has 2 aliphatic rings. The zero-order chi connectivity index (χ0) is 11.2. The van der Waals surface area contributed by atoms with Crippen LogP contribution in [0.1, 0.15) is 51.4 Å². The average molecular weight is 224 g/mol. The SMILES string of the molecule is CN1CCCCC1CCCN1CCCCC1. The van der Waals surface area contributed by atoms with E-state index in [4.69, 9.17) is 0 Å². The van der Waals surface area contributed by atoms with Gasteiger partial charge in [0.2, 0.25) is 0 Å². The second kappa shape index (κ2) is 6.61. The highest BCUT2D eigenvalue weighted by Gasteiger charge is 2.18. The van der Waals surface area contributed by atoms with Gasteiger partial charge in [-0.3, -0.25) is 0 Å². The molecule has 2 nitrogen and oxygen atoms in total. The van der Waals surface area contributed by atoms with E-state index in [1.165, 1.54) is 77.5 Å². The first-order chi connectivity index (χ1) is 7.86. The fourth-order valence-corrected chi connectivity index (χ4v) is 3.24. The summed E-state index contributed by atoms with van der Waals surface area (Å²) < 4.78 is 0. The van der Waals surface area contributed by atoms with Gasteiger partial charge < -0.3 is 9.80 Å². The van der Waals surface area contributed by atoms with Gasteiger partial charge in [0.1, 0.15) is 0 Å². The minimum Gasteiger partial charge on any atom is -0.303 e. The summed E-state index contributed by atoms with van der Waals surface area (Å²) in [5.74, 6) is 0. The van der Waals surface area contributed by atoms with Crippen LogP contribution in [0, 0.1) is 0 Å². The van der Waals surface area contributed by atoms with E-state index < -0.39 is 0 Å². The number of rotatable bonds is 4. The second-order valence-electron chi connectivity index (χ2n) is 5.67. The third-order valence-electron chi connectivity index (χ3n) is 4.38. The third kappa shape index (κ3) is 3.74. The first kappa shape index (κ1) is 12.4. The maximum absolute atomic E-state index is 2.67. The molecule has 2 aliphatic heterocycles. The predicted molar refractivity (Wildman–Crippen MR) is 69.8 cm³/mol. The zero-order valence-corrected chi connectivity index (χ0v) is 11.0. The summed E-state index contributed by atoms with van der Waals surface area (Å²) >= 11 is 0. The van der Waals surface area contributed by atoms with Gasteiger partial charge in [-0.2, -0.15) is 0 Å². The van der Waals surface area contributed by atoms with Crippen molar-refractivity contribution in [1.82, 2.24) is 9.80 Å². The van der Waals surface area contributed by atoms with E-state index in [2.05, 4.69) is 16.8 Å². The Bertz CT molecular complexity index is 187. The molecule has 0 aromatic heterocycles. The Morgan fingerprint density at radius 2 is 1.69 bits per heavy atom. The topological polar surface area (TPSA) is 6.48 Å². The van der Waals surface area contributed by atoms with Crippen molar-refractivity contribution >= 4 is 0 Å². The maximum Gasteiger partial charge on any atom is 0.00926 e. The van der Waals surface area contributed by atoms with E-state index in [1.54, 1.807) is 0 Å². The van der Waals surface area contributed by atoms with Crippen molar-refractivity contribution in [2.75, 3.05) is 33.2 Å². The number of hydrogen-bond donors (Lipinski definition) is 0. The zero-order valence-electron chi connectivity index (χ0n) is 11.0. The molecule has 0 radical (unpaired) electrons. The molecule has 16 heavy (non-hydrogen) atoms. The van der Waals surface area contributed by atoms with E-state index in [-0.39, 0.29) is 0 Å². The maximum atomic E-state index is 2.67. The van der Waals surface area contributed by atoms with Gasteiger partial charge >= 0.3 is 0 Å². The van der Waals surface area contributed by atoms with Crippen LogP contribution in [0.2, 0.25) is 0 Å². The number of hydrogen-bond acceptors (Lipinski definition) is 2. The van der Waals surface area contributed by atoms with Crippen molar-refractivity contribution in [2.24, 2.45) is 0 Å². The molecule has 1 unspecified atom stereocenters. The molecule has 0 spiro atoms. The Hall–Kier alpha value is -0.0800. The molecule has 1 atom stereocenters. The Morgan fingerprint density at radius 1 is 0.938 bits per heavy atom. The molecule has 2 heteroatoms. The molecule has 2 rings (SSSR count). The van der Waals surface area contributed by atoms with E-state index in [0.29, 0.717) is 0 Å². The van der Waals surface area contributed by atoms with Crippen LogP contribution in [0.25, 0.3) is 0 Å². The number of nitrogens with zero attached hydrogens (tertiary/aromatic N) is 2. The van der Waals surface area contributed by atoms with E-state index in [9.17, 15) is 0 Å². The quantitative estimate of drug-likeness (QED) is 0.724. The largest absolute Gasteiger partial charge is 0.303 e. The normalized spacial score (nSPS) is 29.4. The van der Waals surface area contributed by atoms with Crippen molar-refractivity contribution in [3.05, 3.63) is 0 Å². The highest BCUT2D eigenvalue weighted by Crippen LogP contribution is 2.19. The van der Waals surface area contributed by atoms with E-state index >= 15 is 0 Å². The Kier molecular flexibility index (Phi) is 5.11. The molecule has 2 saturated heterocycles. The summed E-state index contributed by atoms with van der Waals surface area (Å²) in [5, 5.41) is 0. The van der Waals surface area contributed by atoms with Crippen LogP contribution >= 0.6 is 0 Å². The summed E-state index contributed by atoms with van der Waals surface area (Å²) in [6, 6.07) is 0.888. The van der Waals surface area contributed by atoms with Gasteiger partial charge in [0.15, 0.2) is 0 Å². The monoisotopic (exact) mass is 224 g/mol. The van der Waals surface area contributed by atoms with Crippen molar-refractivity contribution < 1.29 is 0 Å². The summed E-state index contributed by atoms with van der Waals surface area (Å²) in [6.07, 6.45) is 11.5. The van der Waals surface area contributed by atoms with Gasteiger partial charge in [0, 0.05) is 6.04 Å². The predicted octanol–water partition coefficient (Wildman–Crippen LogP) is 2.74. The third-order valence-corrected chi connectivity index (χ3v) is 4.38. The Morgan fingerprint density at radius 3 is 2.44 bits per heavy atom. The summed E-state index contributed by atoms with van der Waals surface area (Å²) in [6.45, 7) is 5.40. The lowest BCUT2D eigenvalue weighted by Gasteiger charge is -2.33. The molecule has 0 N–H and O–H groups in total. The lowest BCUT2D eigenvalue weighted by Crippen LogP contribution is -2.37. The first-order valence-corrected chi connectivity index (χ1v) is 7.29. The highest BCUT2D eigenvalue weighted by molar-refractivity contribution is 4.75. The molecule has 0 aromatic rings. The van der Waals surface area contributed by atoms with Crippen LogP contribution in [-0.2, 0) is 0 Å². The minimum absolute atomic E-state index is 0.888. The van der Waals surface area contributed by atoms with E-state index in [1.807, 2.05) is 0 Å². The van der Waals surface area contributed by atoms with Crippen LogP contribution in [0.4, 0.5) is 0 Å². The van der Waals surface area contributed by atoms with Crippen LogP contribution in [0.5, 0.6) is 0 Å².